The molecule has 0 aliphatic rings. The van der Waals surface area contributed by atoms with Crippen LogP contribution in [-0.2, 0) is 6.54 Å². The summed E-state index contributed by atoms with van der Waals surface area (Å²) in [5.74, 6) is 0. The standard InChI is InChI=1S/C16H25NO/c1-4-6-8-17(9-7-5-2)12-14-11-15-10-13(3)16(14)18-15/h10-11H,4-9,12H2,1-3H3. The van der Waals surface area contributed by atoms with Crippen LogP contribution in [0.4, 0.5) is 0 Å². The highest BCUT2D eigenvalue weighted by molar-refractivity contribution is 5.70. The van der Waals surface area contributed by atoms with Crippen molar-refractivity contribution in [1.29, 1.82) is 0 Å². The highest BCUT2D eigenvalue weighted by Crippen LogP contribution is 2.27. The quantitative estimate of drug-likeness (QED) is 0.679. The zero-order valence-electron chi connectivity index (χ0n) is 12.0. The van der Waals surface area contributed by atoms with Gasteiger partial charge in [0.1, 0.15) is 11.2 Å². The van der Waals surface area contributed by atoms with Gasteiger partial charge in [0, 0.05) is 12.1 Å². The first-order chi connectivity index (χ1) is 8.74. The Bertz CT molecular complexity index is 452. The van der Waals surface area contributed by atoms with E-state index in [1.807, 2.05) is 0 Å². The smallest absolute Gasteiger partial charge is 0.135 e. The third-order valence-electron chi connectivity index (χ3n) is 3.59. The summed E-state index contributed by atoms with van der Waals surface area (Å²) in [4.78, 5) is 2.57. The molecule has 2 heteroatoms. The lowest BCUT2D eigenvalue weighted by atomic mass is 10.1. The van der Waals surface area contributed by atoms with Crippen molar-refractivity contribution >= 4 is 11.2 Å². The number of fused-ring (bicyclic) bond motifs is 2. The van der Waals surface area contributed by atoms with Crippen LogP contribution in [0.1, 0.15) is 50.7 Å². The van der Waals surface area contributed by atoms with Crippen molar-refractivity contribution in [1.82, 2.24) is 4.90 Å². The Morgan fingerprint density at radius 2 is 1.72 bits per heavy atom. The van der Waals surface area contributed by atoms with E-state index in [-0.39, 0.29) is 0 Å². The van der Waals surface area contributed by atoms with E-state index >= 15 is 0 Å². The van der Waals surface area contributed by atoms with Crippen LogP contribution in [0, 0.1) is 6.92 Å². The van der Waals surface area contributed by atoms with Gasteiger partial charge >= 0.3 is 0 Å². The fourth-order valence-corrected chi connectivity index (χ4v) is 2.53. The Kier molecular flexibility index (Phi) is 4.65. The Balaban J connectivity index is 2.00. The predicted octanol–water partition coefficient (Wildman–Crippen LogP) is 4.58. The normalized spacial score (nSPS) is 12.0. The number of furan rings is 2. The average Bonchev–Trinajstić information content (AvgIpc) is 2.91. The Morgan fingerprint density at radius 3 is 2.22 bits per heavy atom. The van der Waals surface area contributed by atoms with E-state index in [1.165, 1.54) is 49.9 Å². The van der Waals surface area contributed by atoms with Crippen molar-refractivity contribution in [2.45, 2.75) is 53.0 Å². The first-order valence-electron chi connectivity index (χ1n) is 7.28. The molecular weight excluding hydrogens is 222 g/mol. The van der Waals surface area contributed by atoms with Gasteiger partial charge in [-0.1, -0.05) is 26.7 Å². The highest BCUT2D eigenvalue weighted by atomic mass is 16.3. The lowest BCUT2D eigenvalue weighted by Gasteiger charge is -2.21. The van der Waals surface area contributed by atoms with Gasteiger partial charge in [0.2, 0.25) is 0 Å². The van der Waals surface area contributed by atoms with Gasteiger partial charge in [-0.05, 0) is 50.6 Å². The number of unbranched alkanes of at least 4 members (excludes halogenated alkanes) is 2. The molecule has 0 aliphatic carbocycles. The third-order valence-corrected chi connectivity index (χ3v) is 3.59. The van der Waals surface area contributed by atoms with Crippen LogP contribution in [0.2, 0.25) is 0 Å². The van der Waals surface area contributed by atoms with Crippen molar-refractivity contribution in [3.63, 3.8) is 0 Å². The fraction of sp³-hybridized carbons (Fsp3) is 0.625. The number of benzene rings is 1. The molecule has 0 atom stereocenters. The van der Waals surface area contributed by atoms with Crippen LogP contribution < -0.4 is 0 Å². The molecule has 0 saturated heterocycles. The molecule has 0 N–H and O–H groups in total. The van der Waals surface area contributed by atoms with Crippen LogP contribution in [0.25, 0.3) is 11.2 Å². The summed E-state index contributed by atoms with van der Waals surface area (Å²) in [6.45, 7) is 10.1. The van der Waals surface area contributed by atoms with Crippen molar-refractivity contribution in [2.24, 2.45) is 0 Å². The van der Waals surface area contributed by atoms with Gasteiger partial charge in [0.05, 0.1) is 0 Å². The molecule has 2 aromatic heterocycles. The van der Waals surface area contributed by atoms with Crippen LogP contribution in [0.3, 0.4) is 0 Å². The molecule has 2 bridgehead atoms. The van der Waals surface area contributed by atoms with E-state index < -0.39 is 0 Å². The summed E-state index contributed by atoms with van der Waals surface area (Å²) in [5, 5.41) is 0. The third kappa shape index (κ3) is 3.05. The topological polar surface area (TPSA) is 16.4 Å². The van der Waals surface area contributed by atoms with Crippen molar-refractivity contribution in [2.75, 3.05) is 13.1 Å². The first-order valence-corrected chi connectivity index (χ1v) is 7.28. The number of rotatable bonds is 8. The van der Waals surface area contributed by atoms with Gasteiger partial charge in [0.25, 0.3) is 0 Å². The van der Waals surface area contributed by atoms with Gasteiger partial charge in [-0.15, -0.1) is 0 Å². The van der Waals surface area contributed by atoms with Gasteiger partial charge in [0.15, 0.2) is 0 Å². The van der Waals surface area contributed by atoms with Gasteiger partial charge in [-0.2, -0.15) is 0 Å². The maximum atomic E-state index is 5.73. The molecular formula is C16H25NO. The van der Waals surface area contributed by atoms with Gasteiger partial charge < -0.3 is 4.42 Å². The maximum Gasteiger partial charge on any atom is 0.135 e. The van der Waals surface area contributed by atoms with E-state index in [2.05, 4.69) is 37.8 Å². The van der Waals surface area contributed by atoms with Crippen molar-refractivity contribution in [3.05, 3.63) is 23.3 Å². The van der Waals surface area contributed by atoms with E-state index in [0.29, 0.717) is 0 Å². The summed E-state index contributed by atoms with van der Waals surface area (Å²) < 4.78 is 5.73. The monoisotopic (exact) mass is 247 g/mol. The zero-order valence-corrected chi connectivity index (χ0v) is 12.0. The molecule has 2 rings (SSSR count). The zero-order chi connectivity index (χ0) is 13.0. The summed E-state index contributed by atoms with van der Waals surface area (Å²) in [6, 6.07) is 4.33. The number of nitrogens with zero attached hydrogens (tertiary/aromatic N) is 1. The number of hydrogen-bond acceptors (Lipinski definition) is 2. The molecule has 0 unspecified atom stereocenters. The molecule has 2 aromatic rings. The molecule has 2 nitrogen and oxygen atoms in total. The van der Waals surface area contributed by atoms with E-state index in [9.17, 15) is 0 Å². The average molecular weight is 247 g/mol. The van der Waals surface area contributed by atoms with Crippen LogP contribution in [0.15, 0.2) is 16.5 Å². The first kappa shape index (κ1) is 13.4. The predicted molar refractivity (Wildman–Crippen MR) is 77.2 cm³/mol. The second-order valence-corrected chi connectivity index (χ2v) is 5.31. The summed E-state index contributed by atoms with van der Waals surface area (Å²) in [5.41, 5.74) is 4.80. The van der Waals surface area contributed by atoms with Crippen LogP contribution in [-0.4, -0.2) is 18.0 Å². The number of hydrogen-bond donors (Lipinski definition) is 0. The molecule has 18 heavy (non-hydrogen) atoms. The summed E-state index contributed by atoms with van der Waals surface area (Å²) in [6.07, 6.45) is 5.12. The second-order valence-electron chi connectivity index (χ2n) is 5.31. The lowest BCUT2D eigenvalue weighted by molar-refractivity contribution is 0.257. The molecule has 0 spiro atoms. The second kappa shape index (κ2) is 6.24. The molecule has 2 heterocycles. The minimum absolute atomic E-state index is 1.03. The van der Waals surface area contributed by atoms with E-state index in [1.54, 1.807) is 0 Å². The molecule has 0 aliphatic heterocycles. The Hall–Kier alpha value is -1.02. The lowest BCUT2D eigenvalue weighted by Crippen LogP contribution is -2.25. The minimum Gasteiger partial charge on any atom is -0.457 e. The minimum atomic E-state index is 1.03. The maximum absolute atomic E-state index is 5.73. The Labute approximate surface area is 110 Å². The van der Waals surface area contributed by atoms with Gasteiger partial charge in [-0.25, -0.2) is 0 Å². The van der Waals surface area contributed by atoms with Crippen molar-refractivity contribution in [3.8, 4) is 0 Å². The van der Waals surface area contributed by atoms with Gasteiger partial charge in [-0.3, -0.25) is 4.90 Å². The largest absolute Gasteiger partial charge is 0.457 e. The molecule has 0 radical (unpaired) electrons. The molecule has 0 aromatic carbocycles. The Morgan fingerprint density at radius 1 is 1.06 bits per heavy atom. The summed E-state index contributed by atoms with van der Waals surface area (Å²) in [7, 11) is 0. The van der Waals surface area contributed by atoms with Crippen molar-refractivity contribution < 1.29 is 4.42 Å². The molecule has 0 amide bonds. The molecule has 0 fully saturated rings. The fourth-order valence-electron chi connectivity index (χ4n) is 2.53. The molecule has 100 valence electrons. The van der Waals surface area contributed by atoms with Crippen LogP contribution in [0.5, 0.6) is 0 Å². The van der Waals surface area contributed by atoms with Crippen LogP contribution >= 0.6 is 0 Å². The summed E-state index contributed by atoms with van der Waals surface area (Å²) >= 11 is 0. The molecule has 0 saturated carbocycles. The van der Waals surface area contributed by atoms with E-state index in [4.69, 9.17) is 4.42 Å². The highest BCUT2D eigenvalue weighted by Gasteiger charge is 2.14. The SMILES string of the molecule is CCCCN(CCCC)Cc1cc2cc(C)c1o2. The number of aryl methyl sites for hydroxylation is 1. The van der Waals surface area contributed by atoms with E-state index in [0.717, 1.165) is 17.7 Å².